The van der Waals surface area contributed by atoms with E-state index in [1.54, 1.807) is 0 Å². The zero-order valence-electron chi connectivity index (χ0n) is 18.7. The molecule has 1 N–H and O–H groups in total. The van der Waals surface area contributed by atoms with Crippen molar-refractivity contribution >= 4 is 40.9 Å². The van der Waals surface area contributed by atoms with Crippen LogP contribution in [0.4, 0.5) is 5.69 Å². The normalized spacial score (nSPS) is 14.3. The van der Waals surface area contributed by atoms with Gasteiger partial charge in [-0.3, -0.25) is 24.1 Å². The third-order valence-electron chi connectivity index (χ3n) is 5.68. The van der Waals surface area contributed by atoms with Gasteiger partial charge in [-0.25, -0.2) is 0 Å². The smallest absolute Gasteiger partial charge is 0.312 e. The van der Waals surface area contributed by atoms with Crippen molar-refractivity contribution in [3.8, 4) is 17.2 Å². The van der Waals surface area contributed by atoms with Gasteiger partial charge in [-0.1, -0.05) is 41.9 Å². The maximum Gasteiger partial charge on any atom is 0.312 e. The van der Waals surface area contributed by atoms with Gasteiger partial charge in [0.25, 0.3) is 5.91 Å². The number of nitro benzene ring substituents is 1. The van der Waals surface area contributed by atoms with Gasteiger partial charge < -0.3 is 14.6 Å². The number of hydrogen-bond acceptors (Lipinski definition) is 6. The quantitative estimate of drug-likeness (QED) is 0.221. The van der Waals surface area contributed by atoms with Crippen LogP contribution in [0.2, 0.25) is 5.02 Å². The zero-order valence-corrected chi connectivity index (χ0v) is 20.2. The van der Waals surface area contributed by atoms with Crippen molar-refractivity contribution in [3.63, 3.8) is 0 Å². The Morgan fingerprint density at radius 1 is 1.14 bits per heavy atom. The second kappa shape index (κ2) is 10.8. The third-order valence-corrected chi connectivity index (χ3v) is 6.30. The van der Waals surface area contributed by atoms with Crippen LogP contribution in [0.5, 0.6) is 17.2 Å². The van der Waals surface area contributed by atoms with Gasteiger partial charge in [0.15, 0.2) is 0 Å². The van der Waals surface area contributed by atoms with Crippen molar-refractivity contribution in [3.05, 3.63) is 92.5 Å². The van der Waals surface area contributed by atoms with E-state index in [2.05, 4.69) is 0 Å². The van der Waals surface area contributed by atoms with E-state index < -0.39 is 28.4 Å². The number of carbonyl (C=O) groups excluding carboxylic acids is 1. The van der Waals surface area contributed by atoms with Crippen LogP contribution in [0.15, 0.2) is 60.7 Å². The van der Waals surface area contributed by atoms with Gasteiger partial charge in [-0.15, -0.1) is 0 Å². The molecular weight excluding hydrogens is 511 g/mol. The largest absolute Gasteiger partial charge is 0.493 e. The predicted molar refractivity (Wildman–Crippen MR) is 132 cm³/mol. The summed E-state index contributed by atoms with van der Waals surface area (Å²) in [5, 5.41) is 21.2. The van der Waals surface area contributed by atoms with Gasteiger partial charge in [-0.2, -0.15) is 0 Å². The molecular formula is C25H20Cl2N2O7. The highest BCUT2D eigenvalue weighted by Crippen LogP contribution is 2.43. The molecule has 4 rings (SSSR count). The summed E-state index contributed by atoms with van der Waals surface area (Å²) in [5.41, 5.74) is 0.943. The molecule has 11 heteroatoms. The molecule has 1 amide bonds. The number of nitrogens with zero attached hydrogens (tertiary/aromatic N) is 2. The van der Waals surface area contributed by atoms with Crippen LogP contribution in [-0.2, 0) is 11.2 Å². The molecule has 0 spiro atoms. The van der Waals surface area contributed by atoms with E-state index in [-0.39, 0.29) is 41.0 Å². The second-order valence-electron chi connectivity index (χ2n) is 8.02. The number of amides is 1. The minimum Gasteiger partial charge on any atom is -0.493 e. The molecule has 0 bridgehead atoms. The highest BCUT2D eigenvalue weighted by molar-refractivity contribution is 6.32. The summed E-state index contributed by atoms with van der Waals surface area (Å²) in [4.78, 5) is 35.3. The minimum absolute atomic E-state index is 0.0151. The summed E-state index contributed by atoms with van der Waals surface area (Å²) in [6.07, 6.45) is 0.809. The van der Waals surface area contributed by atoms with Gasteiger partial charge in [0.05, 0.1) is 22.5 Å². The van der Waals surface area contributed by atoms with E-state index in [0.29, 0.717) is 18.4 Å². The van der Waals surface area contributed by atoms with E-state index >= 15 is 0 Å². The molecule has 0 fully saturated rings. The van der Waals surface area contributed by atoms with E-state index in [4.69, 9.17) is 32.9 Å². The fraction of sp³-hybridized carbons (Fsp3) is 0.200. The van der Waals surface area contributed by atoms with Gasteiger partial charge >= 0.3 is 11.7 Å². The van der Waals surface area contributed by atoms with E-state index in [1.165, 1.54) is 24.3 Å². The van der Waals surface area contributed by atoms with Crippen LogP contribution in [-0.4, -0.2) is 39.5 Å². The van der Waals surface area contributed by atoms with Gasteiger partial charge in [0.1, 0.15) is 11.5 Å². The Morgan fingerprint density at radius 2 is 1.89 bits per heavy atom. The lowest BCUT2D eigenvalue weighted by atomic mass is 9.93. The molecule has 0 radical (unpaired) electrons. The fourth-order valence-corrected chi connectivity index (χ4v) is 4.23. The van der Waals surface area contributed by atoms with Crippen molar-refractivity contribution in [1.82, 2.24) is 4.42 Å². The molecule has 0 aromatic heterocycles. The number of rotatable bonds is 8. The molecule has 1 unspecified atom stereocenters. The Bertz CT molecular complexity index is 1320. The maximum atomic E-state index is 12.8. The lowest BCUT2D eigenvalue weighted by molar-refractivity contribution is -0.385. The Labute approximate surface area is 216 Å². The van der Waals surface area contributed by atoms with E-state index in [0.717, 1.165) is 16.0 Å². The zero-order chi connectivity index (χ0) is 25.8. The van der Waals surface area contributed by atoms with Crippen molar-refractivity contribution in [2.75, 3.05) is 13.2 Å². The van der Waals surface area contributed by atoms with Crippen molar-refractivity contribution in [2.45, 2.75) is 18.8 Å². The highest BCUT2D eigenvalue weighted by atomic mass is 35.5. The fourth-order valence-electron chi connectivity index (χ4n) is 3.84. The number of hydrogen-bond donors (Lipinski definition) is 1. The Balaban J connectivity index is 1.55. The molecule has 186 valence electrons. The summed E-state index contributed by atoms with van der Waals surface area (Å²) >= 11 is 12.4. The van der Waals surface area contributed by atoms with Crippen LogP contribution in [0, 0.1) is 10.1 Å². The number of carboxylic acids is 1. The van der Waals surface area contributed by atoms with E-state index in [1.807, 2.05) is 30.3 Å². The Morgan fingerprint density at radius 3 is 2.58 bits per heavy atom. The first-order valence-electron chi connectivity index (χ1n) is 10.9. The molecule has 3 aromatic carbocycles. The summed E-state index contributed by atoms with van der Waals surface area (Å²) in [6, 6.07) is 16.0. The number of aliphatic carboxylic acids is 1. The molecule has 1 aliphatic rings. The molecule has 0 saturated heterocycles. The number of carbonyl (C=O) groups is 2. The van der Waals surface area contributed by atoms with Crippen LogP contribution in [0.1, 0.15) is 33.8 Å². The minimum atomic E-state index is -1.00. The molecule has 0 aliphatic carbocycles. The standard InChI is InChI=1S/C25H20Cl2N2O7/c26-19-13-18-17(25(31)32)9-11-35-22(18)14-23(19)36-21-7-6-16(12-20(21)29(33)34)24(30)28(27)10-8-15-4-2-1-3-5-15/h1-7,12-14,17H,8-11H2,(H,31,32). The monoisotopic (exact) mass is 530 g/mol. The molecule has 9 nitrogen and oxygen atoms in total. The van der Waals surface area contributed by atoms with E-state index in [9.17, 15) is 24.8 Å². The average Bonchev–Trinajstić information content (AvgIpc) is 2.87. The Kier molecular flexibility index (Phi) is 7.61. The number of benzene rings is 3. The van der Waals surface area contributed by atoms with Gasteiger partial charge in [0, 0.05) is 41.6 Å². The number of nitro groups is 1. The average molecular weight is 531 g/mol. The highest BCUT2D eigenvalue weighted by Gasteiger charge is 2.30. The topological polar surface area (TPSA) is 119 Å². The molecule has 1 atom stereocenters. The molecule has 3 aromatic rings. The summed E-state index contributed by atoms with van der Waals surface area (Å²) < 4.78 is 12.2. The van der Waals surface area contributed by atoms with Crippen LogP contribution < -0.4 is 9.47 Å². The molecule has 36 heavy (non-hydrogen) atoms. The molecule has 0 saturated carbocycles. The molecule has 1 aliphatic heterocycles. The first kappa shape index (κ1) is 25.3. The summed E-state index contributed by atoms with van der Waals surface area (Å²) in [6.45, 7) is 0.402. The third kappa shape index (κ3) is 5.53. The first-order chi connectivity index (χ1) is 17.2. The lowest BCUT2D eigenvalue weighted by Gasteiger charge is -2.24. The Hall–Kier alpha value is -3.82. The molecule has 1 heterocycles. The SMILES string of the molecule is O=C(O)C1CCOc2cc(Oc3ccc(C(=O)N(Cl)CCc4ccccc4)cc3[N+](=O)[O-])c(Cl)cc21. The van der Waals surface area contributed by atoms with Crippen molar-refractivity contribution in [2.24, 2.45) is 0 Å². The lowest BCUT2D eigenvalue weighted by Crippen LogP contribution is -2.24. The number of carboxylic acid groups (broad SMARTS) is 1. The van der Waals surface area contributed by atoms with Gasteiger partial charge in [0.2, 0.25) is 5.75 Å². The van der Waals surface area contributed by atoms with Crippen molar-refractivity contribution in [1.29, 1.82) is 0 Å². The summed E-state index contributed by atoms with van der Waals surface area (Å²) in [7, 11) is 0. The number of halogens is 2. The maximum absolute atomic E-state index is 12.8. The summed E-state index contributed by atoms with van der Waals surface area (Å²) in [5.74, 6) is -2.21. The number of ether oxygens (including phenoxy) is 2. The van der Waals surface area contributed by atoms with Crippen LogP contribution >= 0.6 is 23.4 Å². The van der Waals surface area contributed by atoms with Crippen LogP contribution in [0.25, 0.3) is 0 Å². The predicted octanol–water partition coefficient (Wildman–Crippen LogP) is 5.83. The number of fused-ring (bicyclic) bond motifs is 1. The van der Waals surface area contributed by atoms with Crippen molar-refractivity contribution < 1.29 is 29.1 Å². The first-order valence-corrected chi connectivity index (χ1v) is 11.6. The second-order valence-corrected chi connectivity index (χ2v) is 8.83. The van der Waals surface area contributed by atoms with Crippen LogP contribution in [0.3, 0.4) is 0 Å². The van der Waals surface area contributed by atoms with Gasteiger partial charge in [-0.05, 0) is 36.6 Å².